The van der Waals surface area contributed by atoms with Gasteiger partial charge in [-0.05, 0) is 33.2 Å². The Bertz CT molecular complexity index is 334. The maximum atomic E-state index is 9.47. The first-order chi connectivity index (χ1) is 9.07. The van der Waals surface area contributed by atoms with Gasteiger partial charge in [-0.1, -0.05) is 24.7 Å². The van der Waals surface area contributed by atoms with Gasteiger partial charge in [0.2, 0.25) is 0 Å². The number of rotatable bonds is 8. The first-order valence-electron chi connectivity index (χ1n) is 6.83. The summed E-state index contributed by atoms with van der Waals surface area (Å²) in [6.07, 6.45) is 3.31. The molecule has 108 valence electrons. The van der Waals surface area contributed by atoms with E-state index in [0.29, 0.717) is 0 Å². The Morgan fingerprint density at radius 1 is 1.11 bits per heavy atom. The minimum absolute atomic E-state index is 0.482. The molecule has 3 unspecified atom stereocenters. The van der Waals surface area contributed by atoms with Crippen LogP contribution in [0.15, 0.2) is 0 Å². The molecule has 0 spiro atoms. The van der Waals surface area contributed by atoms with Crippen LogP contribution in [0.2, 0.25) is 0 Å². The van der Waals surface area contributed by atoms with E-state index in [9.17, 15) is 5.11 Å². The fourth-order valence-electron chi connectivity index (χ4n) is 1.53. The van der Waals surface area contributed by atoms with Crippen molar-refractivity contribution in [2.45, 2.75) is 64.3 Å². The molecule has 0 aliphatic heterocycles. The van der Waals surface area contributed by atoms with Crippen LogP contribution in [0, 0.1) is 23.7 Å². The van der Waals surface area contributed by atoms with Crippen molar-refractivity contribution >= 4 is 0 Å². The van der Waals surface area contributed by atoms with Crippen LogP contribution in [-0.4, -0.2) is 35.1 Å². The van der Waals surface area contributed by atoms with Gasteiger partial charge in [0.1, 0.15) is 12.2 Å². The number of nitrogens with two attached hydrogens (primary N) is 1. The van der Waals surface area contributed by atoms with Crippen molar-refractivity contribution in [3.63, 3.8) is 0 Å². The van der Waals surface area contributed by atoms with Crippen molar-refractivity contribution in [2.75, 3.05) is 6.54 Å². The molecule has 0 aliphatic rings. The fraction of sp³-hybridized carbons (Fsp3) is 0.733. The van der Waals surface area contributed by atoms with Gasteiger partial charge in [-0.3, -0.25) is 5.32 Å². The molecule has 4 heteroatoms. The van der Waals surface area contributed by atoms with Crippen LogP contribution >= 0.6 is 0 Å². The standard InChI is InChI=1S/C15H26N2O2/c1-3-10-14(19)15(16)17-12-9-7-5-4-6-8-11-13(2)18/h13-15,17-19H,4-7,9,12,16H2,1-2H3. The summed E-state index contributed by atoms with van der Waals surface area (Å²) in [5, 5.41) is 21.5. The third kappa shape index (κ3) is 11.8. The zero-order valence-corrected chi connectivity index (χ0v) is 11.9. The average molecular weight is 266 g/mol. The molecule has 0 aromatic heterocycles. The van der Waals surface area contributed by atoms with Gasteiger partial charge in [-0.2, -0.15) is 0 Å². The van der Waals surface area contributed by atoms with E-state index in [1.165, 1.54) is 0 Å². The van der Waals surface area contributed by atoms with E-state index in [1.807, 2.05) is 0 Å². The van der Waals surface area contributed by atoms with Gasteiger partial charge >= 0.3 is 0 Å². The largest absolute Gasteiger partial charge is 0.381 e. The lowest BCUT2D eigenvalue weighted by Gasteiger charge is -2.15. The van der Waals surface area contributed by atoms with Gasteiger partial charge in [-0.15, -0.1) is 11.8 Å². The second-order valence-electron chi connectivity index (χ2n) is 4.48. The predicted molar refractivity (Wildman–Crippen MR) is 78.0 cm³/mol. The highest BCUT2D eigenvalue weighted by molar-refractivity contribution is 5.04. The molecule has 19 heavy (non-hydrogen) atoms. The van der Waals surface area contributed by atoms with Gasteiger partial charge in [0.15, 0.2) is 0 Å². The van der Waals surface area contributed by atoms with E-state index >= 15 is 0 Å². The van der Waals surface area contributed by atoms with Crippen LogP contribution < -0.4 is 11.1 Å². The maximum Gasteiger partial charge on any atom is 0.142 e. The number of aliphatic hydroxyl groups excluding tert-OH is 2. The lowest BCUT2D eigenvalue weighted by Crippen LogP contribution is -2.46. The summed E-state index contributed by atoms with van der Waals surface area (Å²) in [6.45, 7) is 4.12. The molecule has 0 saturated carbocycles. The van der Waals surface area contributed by atoms with Gasteiger partial charge in [0, 0.05) is 6.42 Å². The monoisotopic (exact) mass is 266 g/mol. The molecule has 0 aromatic carbocycles. The highest BCUT2D eigenvalue weighted by Crippen LogP contribution is 2.01. The summed E-state index contributed by atoms with van der Waals surface area (Å²) in [5.41, 5.74) is 5.71. The van der Waals surface area contributed by atoms with Crippen molar-refractivity contribution in [1.29, 1.82) is 0 Å². The van der Waals surface area contributed by atoms with Crippen LogP contribution in [-0.2, 0) is 0 Å². The molecule has 0 amide bonds. The Kier molecular flexibility index (Phi) is 11.4. The Labute approximate surface area is 116 Å². The lowest BCUT2D eigenvalue weighted by molar-refractivity contribution is 0.182. The lowest BCUT2D eigenvalue weighted by atomic mass is 10.1. The van der Waals surface area contributed by atoms with E-state index in [0.717, 1.165) is 38.6 Å². The first-order valence-corrected chi connectivity index (χ1v) is 6.83. The smallest absolute Gasteiger partial charge is 0.142 e. The summed E-state index contributed by atoms with van der Waals surface area (Å²) in [5.74, 6) is 10.9. The zero-order valence-electron chi connectivity index (χ0n) is 11.9. The molecule has 0 radical (unpaired) electrons. The van der Waals surface area contributed by atoms with E-state index in [4.69, 9.17) is 10.8 Å². The summed E-state index contributed by atoms with van der Waals surface area (Å²) in [6, 6.07) is 0. The number of aliphatic hydroxyl groups is 2. The molecule has 0 saturated heterocycles. The van der Waals surface area contributed by atoms with Gasteiger partial charge in [-0.25, -0.2) is 0 Å². The minimum atomic E-state index is -0.805. The summed E-state index contributed by atoms with van der Waals surface area (Å²) in [4.78, 5) is 0. The summed E-state index contributed by atoms with van der Waals surface area (Å²) >= 11 is 0. The van der Waals surface area contributed by atoms with Crippen LogP contribution in [0.3, 0.4) is 0 Å². The Morgan fingerprint density at radius 3 is 2.42 bits per heavy atom. The average Bonchev–Trinajstić information content (AvgIpc) is 2.36. The van der Waals surface area contributed by atoms with Crippen LogP contribution in [0.4, 0.5) is 0 Å². The number of nitrogens with one attached hydrogen (secondary N) is 1. The third-order valence-corrected chi connectivity index (χ3v) is 2.55. The molecule has 0 bridgehead atoms. The predicted octanol–water partition coefficient (Wildman–Crippen LogP) is 0.580. The molecule has 0 heterocycles. The Morgan fingerprint density at radius 2 is 1.79 bits per heavy atom. The number of unbranched alkanes of at least 4 members (excludes halogenated alkanes) is 4. The second-order valence-corrected chi connectivity index (χ2v) is 4.48. The molecular weight excluding hydrogens is 240 g/mol. The van der Waals surface area contributed by atoms with E-state index in [-0.39, 0.29) is 0 Å². The third-order valence-electron chi connectivity index (χ3n) is 2.55. The Balaban J connectivity index is 3.41. The summed E-state index contributed by atoms with van der Waals surface area (Å²) < 4.78 is 0. The topological polar surface area (TPSA) is 78.5 Å². The highest BCUT2D eigenvalue weighted by atomic mass is 16.3. The maximum absolute atomic E-state index is 9.47. The van der Waals surface area contributed by atoms with E-state index in [1.54, 1.807) is 13.8 Å². The molecule has 0 rings (SSSR count). The normalized spacial score (nSPS) is 14.6. The van der Waals surface area contributed by atoms with Gasteiger partial charge in [0.05, 0.1) is 6.17 Å². The highest BCUT2D eigenvalue weighted by Gasteiger charge is 2.09. The van der Waals surface area contributed by atoms with Crippen LogP contribution in [0.25, 0.3) is 0 Å². The molecule has 5 N–H and O–H groups in total. The van der Waals surface area contributed by atoms with Crippen molar-refractivity contribution in [1.82, 2.24) is 5.32 Å². The Hall–Kier alpha value is -1.04. The van der Waals surface area contributed by atoms with E-state index in [2.05, 4.69) is 29.0 Å². The number of hydrogen-bond donors (Lipinski definition) is 4. The molecule has 0 fully saturated rings. The van der Waals surface area contributed by atoms with Gasteiger partial charge < -0.3 is 15.9 Å². The molecular formula is C15H26N2O2. The van der Waals surface area contributed by atoms with Crippen molar-refractivity contribution < 1.29 is 10.2 Å². The SMILES string of the molecule is CC#CC(O)C(N)NCCCCCCC#CC(C)O. The van der Waals surface area contributed by atoms with Crippen LogP contribution in [0.1, 0.15) is 46.0 Å². The quantitative estimate of drug-likeness (QED) is 0.294. The first kappa shape index (κ1) is 18.0. The van der Waals surface area contributed by atoms with E-state index < -0.39 is 18.4 Å². The number of hydrogen-bond acceptors (Lipinski definition) is 4. The molecule has 3 atom stereocenters. The van der Waals surface area contributed by atoms with Crippen molar-refractivity contribution in [3.8, 4) is 23.7 Å². The minimum Gasteiger partial charge on any atom is -0.381 e. The molecule has 0 aromatic rings. The fourth-order valence-corrected chi connectivity index (χ4v) is 1.53. The van der Waals surface area contributed by atoms with Crippen molar-refractivity contribution in [2.24, 2.45) is 5.73 Å². The zero-order chi connectivity index (χ0) is 14.5. The molecule has 0 aliphatic carbocycles. The van der Waals surface area contributed by atoms with Gasteiger partial charge in [0.25, 0.3) is 0 Å². The van der Waals surface area contributed by atoms with Crippen molar-refractivity contribution in [3.05, 3.63) is 0 Å². The summed E-state index contributed by atoms with van der Waals surface area (Å²) in [7, 11) is 0. The molecule has 4 nitrogen and oxygen atoms in total. The second kappa shape index (κ2) is 12.0. The van der Waals surface area contributed by atoms with Crippen LogP contribution in [0.5, 0.6) is 0 Å².